The monoisotopic (exact) mass is 238 g/mol. The quantitative estimate of drug-likeness (QED) is 0.767. The second-order valence-electron chi connectivity index (χ2n) is 2.73. The van der Waals surface area contributed by atoms with Crippen LogP contribution in [0.25, 0.3) is 11.5 Å². The van der Waals surface area contributed by atoms with Crippen molar-refractivity contribution in [3.05, 3.63) is 34.6 Å². The van der Waals surface area contributed by atoms with E-state index in [-0.39, 0.29) is 0 Å². The summed E-state index contributed by atoms with van der Waals surface area (Å²) in [6.45, 7) is 2.02. The molecule has 0 aliphatic rings. The molecule has 0 N–H and O–H groups in total. The fourth-order valence-electron chi connectivity index (χ4n) is 1.10. The lowest BCUT2D eigenvalue weighted by Crippen LogP contribution is -1.78. The van der Waals surface area contributed by atoms with E-state index in [1.807, 2.05) is 31.2 Å². The Labute approximate surface area is 83.9 Å². The van der Waals surface area contributed by atoms with Gasteiger partial charge in [-0.3, -0.25) is 0 Å². The highest BCUT2D eigenvalue weighted by atomic mass is 79.9. The van der Waals surface area contributed by atoms with Gasteiger partial charge in [0.1, 0.15) is 0 Å². The molecule has 1 heterocycles. The average molecular weight is 239 g/mol. The molecule has 66 valence electrons. The fraction of sp³-hybridized carbons (Fsp3) is 0.111. The maximum absolute atomic E-state index is 5.22. The van der Waals surface area contributed by atoms with Crippen molar-refractivity contribution < 1.29 is 4.42 Å². The largest absolute Gasteiger partial charge is 0.411 e. The van der Waals surface area contributed by atoms with Crippen LogP contribution in [0.2, 0.25) is 0 Å². The molecule has 13 heavy (non-hydrogen) atoms. The maximum atomic E-state index is 5.22. The van der Waals surface area contributed by atoms with Crippen molar-refractivity contribution in [3.63, 3.8) is 0 Å². The van der Waals surface area contributed by atoms with E-state index < -0.39 is 0 Å². The highest BCUT2D eigenvalue weighted by Crippen LogP contribution is 2.20. The molecule has 0 saturated heterocycles. The standard InChI is InChI=1S/C9H7BrN2O/c1-6-3-2-4-7(5-6)8-11-12-9(10)13-8/h2-5H,1H3. The summed E-state index contributed by atoms with van der Waals surface area (Å²) in [7, 11) is 0. The smallest absolute Gasteiger partial charge is 0.285 e. The zero-order chi connectivity index (χ0) is 9.26. The molecule has 0 aliphatic carbocycles. The van der Waals surface area contributed by atoms with Crippen LogP contribution in [0.3, 0.4) is 0 Å². The van der Waals surface area contributed by atoms with Gasteiger partial charge >= 0.3 is 0 Å². The third-order valence-corrected chi connectivity index (χ3v) is 1.99. The van der Waals surface area contributed by atoms with Crippen LogP contribution >= 0.6 is 15.9 Å². The number of aryl methyl sites for hydroxylation is 1. The minimum atomic E-state index is 0.406. The number of hydrogen-bond acceptors (Lipinski definition) is 3. The number of aromatic nitrogens is 2. The molecule has 2 aromatic rings. The average Bonchev–Trinajstić information content (AvgIpc) is 2.52. The molecule has 0 radical (unpaired) electrons. The van der Waals surface area contributed by atoms with Gasteiger partial charge in [-0.1, -0.05) is 17.7 Å². The first-order chi connectivity index (χ1) is 6.25. The summed E-state index contributed by atoms with van der Waals surface area (Å²) in [6.07, 6.45) is 0. The summed E-state index contributed by atoms with van der Waals surface area (Å²) in [5, 5.41) is 7.59. The van der Waals surface area contributed by atoms with Crippen molar-refractivity contribution >= 4 is 15.9 Å². The lowest BCUT2D eigenvalue weighted by molar-refractivity contribution is 0.540. The SMILES string of the molecule is Cc1cccc(-c2nnc(Br)o2)c1. The van der Waals surface area contributed by atoms with Gasteiger partial charge in [0.2, 0.25) is 5.89 Å². The van der Waals surface area contributed by atoms with Gasteiger partial charge in [0, 0.05) is 21.5 Å². The van der Waals surface area contributed by atoms with Gasteiger partial charge in [0.15, 0.2) is 0 Å². The van der Waals surface area contributed by atoms with E-state index in [0.29, 0.717) is 10.7 Å². The lowest BCUT2D eigenvalue weighted by atomic mass is 10.1. The predicted octanol–water partition coefficient (Wildman–Crippen LogP) is 2.81. The van der Waals surface area contributed by atoms with Gasteiger partial charge in [0.25, 0.3) is 4.80 Å². The Balaban J connectivity index is 2.46. The van der Waals surface area contributed by atoms with Gasteiger partial charge in [-0.05, 0) is 19.1 Å². The van der Waals surface area contributed by atoms with Crippen molar-refractivity contribution in [1.82, 2.24) is 10.2 Å². The molecule has 0 unspecified atom stereocenters. The summed E-state index contributed by atoms with van der Waals surface area (Å²) >= 11 is 3.11. The van der Waals surface area contributed by atoms with Gasteiger partial charge in [-0.15, -0.1) is 10.2 Å². The summed E-state index contributed by atoms with van der Waals surface area (Å²) in [4.78, 5) is 0.406. The predicted molar refractivity (Wildman–Crippen MR) is 52.2 cm³/mol. The molecule has 2 rings (SSSR count). The lowest BCUT2D eigenvalue weighted by Gasteiger charge is -1.94. The van der Waals surface area contributed by atoms with Crippen LogP contribution in [0.4, 0.5) is 0 Å². The minimum Gasteiger partial charge on any atom is -0.411 e. The Bertz CT molecular complexity index is 425. The molecule has 1 aromatic heterocycles. The molecule has 0 spiro atoms. The van der Waals surface area contributed by atoms with Crippen LogP contribution in [0.1, 0.15) is 5.56 Å². The molecule has 0 amide bonds. The van der Waals surface area contributed by atoms with E-state index in [2.05, 4.69) is 26.1 Å². The van der Waals surface area contributed by atoms with Crippen LogP contribution in [-0.4, -0.2) is 10.2 Å². The number of benzene rings is 1. The number of nitrogens with zero attached hydrogens (tertiary/aromatic N) is 2. The fourth-order valence-corrected chi connectivity index (χ4v) is 1.33. The molecule has 0 fully saturated rings. The third-order valence-electron chi connectivity index (χ3n) is 1.67. The van der Waals surface area contributed by atoms with Crippen LogP contribution in [0.15, 0.2) is 33.5 Å². The van der Waals surface area contributed by atoms with Crippen LogP contribution in [-0.2, 0) is 0 Å². The summed E-state index contributed by atoms with van der Waals surface area (Å²) in [5.74, 6) is 0.538. The number of halogens is 1. The van der Waals surface area contributed by atoms with E-state index in [9.17, 15) is 0 Å². The topological polar surface area (TPSA) is 38.9 Å². The number of rotatable bonds is 1. The summed E-state index contributed by atoms with van der Waals surface area (Å²) in [6, 6.07) is 7.92. The van der Waals surface area contributed by atoms with Crippen molar-refractivity contribution in [2.45, 2.75) is 6.92 Å². The van der Waals surface area contributed by atoms with Gasteiger partial charge in [0.05, 0.1) is 0 Å². The molecular weight excluding hydrogens is 232 g/mol. The van der Waals surface area contributed by atoms with Crippen molar-refractivity contribution in [2.24, 2.45) is 0 Å². The Kier molecular flexibility index (Phi) is 2.14. The minimum absolute atomic E-state index is 0.406. The van der Waals surface area contributed by atoms with Crippen molar-refractivity contribution in [1.29, 1.82) is 0 Å². The van der Waals surface area contributed by atoms with Crippen molar-refractivity contribution in [2.75, 3.05) is 0 Å². The summed E-state index contributed by atoms with van der Waals surface area (Å²) < 4.78 is 5.22. The zero-order valence-electron chi connectivity index (χ0n) is 6.99. The highest BCUT2D eigenvalue weighted by molar-refractivity contribution is 9.10. The molecule has 4 heteroatoms. The van der Waals surface area contributed by atoms with Gasteiger partial charge < -0.3 is 4.42 Å². The van der Waals surface area contributed by atoms with Crippen LogP contribution < -0.4 is 0 Å². The van der Waals surface area contributed by atoms with E-state index in [1.165, 1.54) is 5.56 Å². The third kappa shape index (κ3) is 1.78. The van der Waals surface area contributed by atoms with E-state index in [0.717, 1.165) is 5.56 Å². The normalized spacial score (nSPS) is 10.3. The van der Waals surface area contributed by atoms with E-state index >= 15 is 0 Å². The zero-order valence-corrected chi connectivity index (χ0v) is 8.58. The molecular formula is C9H7BrN2O. The Morgan fingerprint density at radius 3 is 2.77 bits per heavy atom. The molecule has 1 aromatic carbocycles. The van der Waals surface area contributed by atoms with E-state index in [1.54, 1.807) is 0 Å². The van der Waals surface area contributed by atoms with E-state index in [4.69, 9.17) is 4.42 Å². The molecule has 0 atom stereocenters. The Hall–Kier alpha value is -1.16. The molecule has 0 aliphatic heterocycles. The summed E-state index contributed by atoms with van der Waals surface area (Å²) in [5.41, 5.74) is 2.12. The van der Waals surface area contributed by atoms with Crippen molar-refractivity contribution in [3.8, 4) is 11.5 Å². The second kappa shape index (κ2) is 3.30. The Morgan fingerprint density at radius 2 is 2.15 bits per heavy atom. The number of hydrogen-bond donors (Lipinski definition) is 0. The first-order valence-electron chi connectivity index (χ1n) is 3.82. The second-order valence-corrected chi connectivity index (χ2v) is 3.41. The Morgan fingerprint density at radius 1 is 1.31 bits per heavy atom. The van der Waals surface area contributed by atoms with Gasteiger partial charge in [-0.2, -0.15) is 0 Å². The van der Waals surface area contributed by atoms with Crippen LogP contribution in [0.5, 0.6) is 0 Å². The molecule has 0 saturated carbocycles. The maximum Gasteiger partial charge on any atom is 0.285 e. The first-order valence-corrected chi connectivity index (χ1v) is 4.61. The van der Waals surface area contributed by atoms with Gasteiger partial charge in [-0.25, -0.2) is 0 Å². The van der Waals surface area contributed by atoms with Crippen LogP contribution in [0, 0.1) is 6.92 Å². The molecule has 3 nitrogen and oxygen atoms in total. The first kappa shape index (κ1) is 8.44. The highest BCUT2D eigenvalue weighted by Gasteiger charge is 2.05. The molecule has 0 bridgehead atoms.